The number of benzene rings is 3. The number of thioether (sulfide) groups is 1. The molecule has 0 aliphatic rings. The van der Waals surface area contributed by atoms with Gasteiger partial charge in [-0.15, -0.1) is 10.2 Å². The summed E-state index contributed by atoms with van der Waals surface area (Å²) in [5.74, 6) is 0.680. The number of nitrogens with one attached hydrogen (secondary N) is 1. The molecule has 0 aliphatic carbocycles. The molecule has 4 aromatic rings. The van der Waals surface area contributed by atoms with Crippen LogP contribution in [0.25, 0.3) is 23.2 Å². The summed E-state index contributed by atoms with van der Waals surface area (Å²) in [4.78, 5) is 12.4. The maximum Gasteiger partial charge on any atom is 0.250 e. The van der Waals surface area contributed by atoms with E-state index in [1.165, 1.54) is 11.8 Å². The zero-order valence-corrected chi connectivity index (χ0v) is 18.9. The second kappa shape index (κ2) is 11.1. The second-order valence-electron chi connectivity index (χ2n) is 7.16. The van der Waals surface area contributed by atoms with E-state index in [0.29, 0.717) is 10.9 Å². The molecule has 3 aromatic carbocycles. The highest BCUT2D eigenvalue weighted by Gasteiger charge is 2.17. The van der Waals surface area contributed by atoms with Crippen LogP contribution >= 0.6 is 11.8 Å². The summed E-state index contributed by atoms with van der Waals surface area (Å²) in [6.07, 6.45) is 3.81. The molecule has 0 radical (unpaired) electrons. The van der Waals surface area contributed by atoms with E-state index in [9.17, 15) is 4.79 Å². The Hall–Kier alpha value is -3.97. The lowest BCUT2D eigenvalue weighted by atomic mass is 10.2. The zero-order valence-electron chi connectivity index (χ0n) is 18.1. The van der Waals surface area contributed by atoms with Crippen molar-refractivity contribution in [2.75, 3.05) is 5.75 Å². The smallest absolute Gasteiger partial charge is 0.250 e. The number of allylic oxidation sites excluding steroid dienone is 1. The Bertz CT molecular complexity index is 1250. The molecule has 0 fully saturated rings. The minimum atomic E-state index is -0.212. The normalized spacial score (nSPS) is 11.6. The first-order valence-electron chi connectivity index (χ1n) is 10.5. The quantitative estimate of drug-likeness (QED) is 0.225. The number of amides is 1. The molecule has 6 nitrogen and oxygen atoms in total. The van der Waals surface area contributed by atoms with Gasteiger partial charge >= 0.3 is 0 Å². The number of carbonyl (C=O) groups is 1. The molecular weight excluding hydrogens is 430 g/mol. The number of hydrazone groups is 1. The molecule has 1 amide bonds. The Labute approximate surface area is 197 Å². The van der Waals surface area contributed by atoms with E-state index >= 15 is 0 Å². The summed E-state index contributed by atoms with van der Waals surface area (Å²) in [5, 5.41) is 13.5. The van der Waals surface area contributed by atoms with E-state index in [1.807, 2.05) is 115 Å². The Morgan fingerprint density at radius 3 is 2.27 bits per heavy atom. The summed E-state index contributed by atoms with van der Waals surface area (Å²) >= 11 is 1.32. The number of carbonyl (C=O) groups excluding carboxylic acids is 1. The van der Waals surface area contributed by atoms with Gasteiger partial charge in [-0.05, 0) is 30.7 Å². The van der Waals surface area contributed by atoms with Crippen LogP contribution in [0.1, 0.15) is 12.5 Å². The Kier molecular flexibility index (Phi) is 7.45. The van der Waals surface area contributed by atoms with E-state index in [4.69, 9.17) is 0 Å². The van der Waals surface area contributed by atoms with Crippen molar-refractivity contribution in [3.63, 3.8) is 0 Å². The van der Waals surface area contributed by atoms with Gasteiger partial charge in [0.1, 0.15) is 0 Å². The van der Waals surface area contributed by atoms with Gasteiger partial charge in [0.2, 0.25) is 0 Å². The minimum absolute atomic E-state index is 0.166. The standard InChI is InChI=1S/C26H23N5OS/c1-20(17-18-21-11-5-2-6-12-21)27-28-24(32)19-33-26-30-29-25(22-13-7-3-8-14-22)31(26)23-15-9-4-10-16-23/h2-18H,19H2,1H3,(H,28,32). The van der Waals surface area contributed by atoms with Gasteiger partial charge in [0.15, 0.2) is 11.0 Å². The maximum atomic E-state index is 12.4. The minimum Gasteiger partial charge on any atom is -0.272 e. The summed E-state index contributed by atoms with van der Waals surface area (Å²) in [6.45, 7) is 1.84. The van der Waals surface area contributed by atoms with E-state index in [1.54, 1.807) is 0 Å². The number of nitrogens with zero attached hydrogens (tertiary/aromatic N) is 4. The van der Waals surface area contributed by atoms with Crippen molar-refractivity contribution in [2.45, 2.75) is 12.1 Å². The zero-order chi connectivity index (χ0) is 22.9. The van der Waals surface area contributed by atoms with Crippen molar-refractivity contribution >= 4 is 29.5 Å². The number of rotatable bonds is 8. The van der Waals surface area contributed by atoms with Crippen LogP contribution in [-0.2, 0) is 4.79 Å². The van der Waals surface area contributed by atoms with Crippen LogP contribution in [0.15, 0.2) is 107 Å². The monoisotopic (exact) mass is 453 g/mol. The third-order valence-electron chi connectivity index (χ3n) is 4.69. The Balaban J connectivity index is 1.44. The highest BCUT2D eigenvalue weighted by atomic mass is 32.2. The molecular formula is C26H23N5OS. The summed E-state index contributed by atoms with van der Waals surface area (Å²) in [5.41, 5.74) is 6.27. The summed E-state index contributed by atoms with van der Waals surface area (Å²) in [6, 6.07) is 29.7. The number of aromatic nitrogens is 3. The molecule has 1 heterocycles. The lowest BCUT2D eigenvalue weighted by Crippen LogP contribution is -2.20. The van der Waals surface area contributed by atoms with Crippen LogP contribution in [0.5, 0.6) is 0 Å². The van der Waals surface area contributed by atoms with Crippen molar-refractivity contribution in [3.8, 4) is 17.1 Å². The number of hydrogen-bond donors (Lipinski definition) is 1. The third kappa shape index (κ3) is 6.05. The summed E-state index contributed by atoms with van der Waals surface area (Å²) in [7, 11) is 0. The maximum absolute atomic E-state index is 12.4. The van der Waals surface area contributed by atoms with Gasteiger partial charge in [0, 0.05) is 11.3 Å². The molecule has 0 bridgehead atoms. The average Bonchev–Trinajstić information content (AvgIpc) is 3.30. The summed E-state index contributed by atoms with van der Waals surface area (Å²) < 4.78 is 1.96. The van der Waals surface area contributed by atoms with E-state index in [2.05, 4.69) is 20.7 Å². The fourth-order valence-electron chi connectivity index (χ4n) is 3.08. The van der Waals surface area contributed by atoms with Crippen molar-refractivity contribution in [2.24, 2.45) is 5.10 Å². The molecule has 1 N–H and O–H groups in total. The van der Waals surface area contributed by atoms with Gasteiger partial charge < -0.3 is 0 Å². The van der Waals surface area contributed by atoms with Crippen LogP contribution in [0.3, 0.4) is 0 Å². The lowest BCUT2D eigenvalue weighted by molar-refractivity contribution is -0.118. The van der Waals surface area contributed by atoms with Gasteiger partial charge in [-0.1, -0.05) is 96.7 Å². The van der Waals surface area contributed by atoms with E-state index in [0.717, 1.165) is 22.6 Å². The third-order valence-corrected chi connectivity index (χ3v) is 5.61. The predicted molar refractivity (Wildman–Crippen MR) is 134 cm³/mol. The first-order valence-corrected chi connectivity index (χ1v) is 11.4. The molecule has 1 aromatic heterocycles. The number of hydrogen-bond acceptors (Lipinski definition) is 5. The fraction of sp³-hybridized carbons (Fsp3) is 0.0769. The van der Waals surface area contributed by atoms with Gasteiger partial charge in [0.25, 0.3) is 5.91 Å². The Morgan fingerprint density at radius 2 is 1.58 bits per heavy atom. The molecule has 0 saturated carbocycles. The van der Waals surface area contributed by atoms with Crippen LogP contribution < -0.4 is 5.43 Å². The largest absolute Gasteiger partial charge is 0.272 e. The predicted octanol–water partition coefficient (Wildman–Crippen LogP) is 5.23. The molecule has 7 heteroatoms. The lowest BCUT2D eigenvalue weighted by Gasteiger charge is -2.10. The molecule has 0 aliphatic heterocycles. The highest BCUT2D eigenvalue weighted by molar-refractivity contribution is 7.99. The molecule has 4 rings (SSSR count). The van der Waals surface area contributed by atoms with Crippen LogP contribution in [0, 0.1) is 0 Å². The van der Waals surface area contributed by atoms with Crippen molar-refractivity contribution in [1.29, 1.82) is 0 Å². The topological polar surface area (TPSA) is 72.2 Å². The molecule has 164 valence electrons. The van der Waals surface area contributed by atoms with Crippen LogP contribution in [0.2, 0.25) is 0 Å². The molecule has 33 heavy (non-hydrogen) atoms. The average molecular weight is 454 g/mol. The van der Waals surface area contributed by atoms with Crippen molar-refractivity contribution in [1.82, 2.24) is 20.2 Å². The van der Waals surface area contributed by atoms with Crippen molar-refractivity contribution in [3.05, 3.63) is 103 Å². The van der Waals surface area contributed by atoms with E-state index in [-0.39, 0.29) is 11.7 Å². The van der Waals surface area contributed by atoms with Crippen LogP contribution in [-0.4, -0.2) is 32.1 Å². The van der Waals surface area contributed by atoms with Gasteiger partial charge in [-0.25, -0.2) is 5.43 Å². The fourth-order valence-corrected chi connectivity index (χ4v) is 3.82. The van der Waals surface area contributed by atoms with E-state index < -0.39 is 0 Å². The first kappa shape index (κ1) is 22.2. The van der Waals surface area contributed by atoms with Gasteiger partial charge in [-0.3, -0.25) is 9.36 Å². The molecule has 0 saturated heterocycles. The van der Waals surface area contributed by atoms with Gasteiger partial charge in [0.05, 0.1) is 11.5 Å². The van der Waals surface area contributed by atoms with Crippen LogP contribution in [0.4, 0.5) is 0 Å². The molecule has 0 unspecified atom stereocenters. The first-order chi connectivity index (χ1) is 16.2. The SMILES string of the molecule is CC(C=Cc1ccccc1)=NNC(=O)CSc1nnc(-c2ccccc2)n1-c1ccccc1. The number of para-hydroxylation sites is 1. The van der Waals surface area contributed by atoms with Gasteiger partial charge in [-0.2, -0.15) is 5.10 Å². The molecule has 0 spiro atoms. The molecule has 0 atom stereocenters. The highest BCUT2D eigenvalue weighted by Crippen LogP contribution is 2.27. The van der Waals surface area contributed by atoms with Crippen molar-refractivity contribution < 1.29 is 4.79 Å². The second-order valence-corrected chi connectivity index (χ2v) is 8.11. The Morgan fingerprint density at radius 1 is 0.939 bits per heavy atom.